The van der Waals surface area contributed by atoms with E-state index in [9.17, 15) is 0 Å². The van der Waals surface area contributed by atoms with Crippen molar-refractivity contribution in [2.24, 2.45) is 0 Å². The van der Waals surface area contributed by atoms with Crippen molar-refractivity contribution < 1.29 is 21.7 Å². The monoisotopic (exact) mass is 564 g/mol. The molecule has 0 aliphatic heterocycles. The first-order valence-corrected chi connectivity index (χ1v) is 19.1. The minimum Gasteiger partial charge on any atom is -0.122 e. The molecule has 0 saturated carbocycles. The Bertz CT molecular complexity index is 254. The smallest absolute Gasteiger partial charge is 0 e. The van der Waals surface area contributed by atoms with Gasteiger partial charge in [0.1, 0.15) is 0 Å². The molecule has 0 aromatic carbocycles. The fourth-order valence-electron chi connectivity index (χ4n) is 4.37. The van der Waals surface area contributed by atoms with E-state index in [4.69, 9.17) is 0 Å². The molecule has 0 aliphatic rings. The summed E-state index contributed by atoms with van der Waals surface area (Å²) in [5, 5.41) is 0. The van der Waals surface area contributed by atoms with Crippen molar-refractivity contribution in [1.29, 1.82) is 0 Å². The van der Waals surface area contributed by atoms with Crippen LogP contribution in [0.2, 0.25) is 0 Å². The quantitative estimate of drug-likeness (QED) is 0.0504. The van der Waals surface area contributed by atoms with Crippen LogP contribution in [0.15, 0.2) is 0 Å². The molecule has 0 atom stereocenters. The molecule has 35 heavy (non-hydrogen) atoms. The van der Waals surface area contributed by atoms with E-state index in [0.29, 0.717) is 0 Å². The first kappa shape index (κ1) is 41.1. The standard InChI is InChI=1S/2C16H35P.Ti/c2*1-3-5-7-9-11-13-15-17-16-14-12-10-8-6-4-2;/h2*17H,3-16H2,1-2H3;. The summed E-state index contributed by atoms with van der Waals surface area (Å²) in [5.41, 5.74) is 0. The van der Waals surface area contributed by atoms with Gasteiger partial charge in [0.15, 0.2) is 0 Å². The van der Waals surface area contributed by atoms with Gasteiger partial charge in [0.05, 0.1) is 0 Å². The summed E-state index contributed by atoms with van der Waals surface area (Å²) in [6, 6.07) is 0. The van der Waals surface area contributed by atoms with Crippen molar-refractivity contribution in [3.05, 3.63) is 0 Å². The second-order valence-electron chi connectivity index (χ2n) is 10.6. The summed E-state index contributed by atoms with van der Waals surface area (Å²) in [5.74, 6) is 0. The van der Waals surface area contributed by atoms with E-state index in [1.165, 1.54) is 196 Å². The van der Waals surface area contributed by atoms with Gasteiger partial charge in [0.2, 0.25) is 0 Å². The molecule has 0 unspecified atom stereocenters. The number of unbranched alkanes of at least 4 members (excludes halogenated alkanes) is 20. The third-order valence-corrected chi connectivity index (χ3v) is 9.66. The molecule has 0 aromatic heterocycles. The van der Waals surface area contributed by atoms with E-state index >= 15 is 0 Å². The largest absolute Gasteiger partial charge is 0.122 e. The molecule has 0 bridgehead atoms. The van der Waals surface area contributed by atoms with Crippen molar-refractivity contribution in [1.82, 2.24) is 0 Å². The van der Waals surface area contributed by atoms with Crippen molar-refractivity contribution in [2.45, 2.75) is 182 Å². The summed E-state index contributed by atoms with van der Waals surface area (Å²) < 4.78 is 0. The van der Waals surface area contributed by atoms with Gasteiger partial charge in [0.25, 0.3) is 0 Å². The predicted molar refractivity (Wildman–Crippen MR) is 170 cm³/mol. The number of hydrogen-bond acceptors (Lipinski definition) is 0. The maximum atomic E-state index is 2.29. The fraction of sp³-hybridized carbons (Fsp3) is 1.00. The van der Waals surface area contributed by atoms with Crippen LogP contribution in [0.25, 0.3) is 0 Å². The van der Waals surface area contributed by atoms with Crippen molar-refractivity contribution >= 4 is 17.2 Å². The van der Waals surface area contributed by atoms with Crippen LogP contribution in [0.5, 0.6) is 0 Å². The predicted octanol–water partition coefficient (Wildman–Crippen LogP) is 12.8. The first-order valence-electron chi connectivity index (χ1n) is 16.2. The van der Waals surface area contributed by atoms with Crippen LogP contribution < -0.4 is 0 Å². The molecule has 0 heterocycles. The zero-order valence-electron chi connectivity index (χ0n) is 25.3. The molecule has 0 N–H and O–H groups in total. The Labute approximate surface area is 244 Å². The molecule has 0 spiro atoms. The maximum Gasteiger partial charge on any atom is 0 e. The van der Waals surface area contributed by atoms with Gasteiger partial charge in [-0.15, -0.1) is 17.2 Å². The van der Waals surface area contributed by atoms with Gasteiger partial charge in [0, 0.05) is 21.7 Å². The molecule has 3 heteroatoms. The summed E-state index contributed by atoms with van der Waals surface area (Å²) in [4.78, 5) is 0. The Hall–Kier alpha value is 1.57. The van der Waals surface area contributed by atoms with Crippen LogP contribution in [0.4, 0.5) is 0 Å². The molecule has 0 aromatic rings. The average molecular weight is 565 g/mol. The van der Waals surface area contributed by atoms with E-state index < -0.39 is 0 Å². The minimum atomic E-state index is 0. The van der Waals surface area contributed by atoms with E-state index in [0.717, 1.165) is 0 Å². The average Bonchev–Trinajstić information content (AvgIpc) is 2.85. The van der Waals surface area contributed by atoms with Gasteiger partial charge >= 0.3 is 0 Å². The second-order valence-corrected chi connectivity index (χ2v) is 13.6. The molecular weight excluding hydrogens is 494 g/mol. The zero-order valence-corrected chi connectivity index (χ0v) is 28.9. The van der Waals surface area contributed by atoms with E-state index in [1.54, 1.807) is 0 Å². The topological polar surface area (TPSA) is 0 Å². The molecule has 0 amide bonds. The summed E-state index contributed by atoms with van der Waals surface area (Å²) in [6.07, 6.45) is 41.1. The number of hydrogen-bond donors (Lipinski definition) is 0. The Balaban J connectivity index is -0.000000569. The third kappa shape index (κ3) is 45.8. The van der Waals surface area contributed by atoms with Gasteiger partial charge < -0.3 is 0 Å². The van der Waals surface area contributed by atoms with Crippen molar-refractivity contribution in [2.75, 3.05) is 24.6 Å². The summed E-state index contributed by atoms with van der Waals surface area (Å²) in [6.45, 7) is 9.17. The molecule has 0 radical (unpaired) electrons. The van der Waals surface area contributed by atoms with Gasteiger partial charge in [-0.1, -0.05) is 156 Å². The van der Waals surface area contributed by atoms with Crippen LogP contribution in [0.3, 0.4) is 0 Å². The van der Waals surface area contributed by atoms with Crippen molar-refractivity contribution in [3.63, 3.8) is 0 Å². The Morgan fingerprint density at radius 1 is 0.257 bits per heavy atom. The Kier molecular flexibility index (Phi) is 50.0. The third-order valence-electron chi connectivity index (χ3n) is 6.83. The number of rotatable bonds is 28. The molecule has 0 nitrogen and oxygen atoms in total. The molecule has 0 fully saturated rings. The molecule has 212 valence electrons. The van der Waals surface area contributed by atoms with E-state index in [-0.39, 0.29) is 21.7 Å². The zero-order chi connectivity index (χ0) is 25.2. The SMILES string of the molecule is CCCCCCCCPCCCCCCCC.CCCCCCCCPCCCCCCCC.[Ti]. The van der Waals surface area contributed by atoms with Crippen molar-refractivity contribution in [3.8, 4) is 0 Å². The Morgan fingerprint density at radius 2 is 0.429 bits per heavy atom. The second kappa shape index (κ2) is 42.7. The molecule has 0 rings (SSSR count). The van der Waals surface area contributed by atoms with Crippen LogP contribution in [-0.2, 0) is 21.7 Å². The molecule has 0 aliphatic carbocycles. The van der Waals surface area contributed by atoms with Gasteiger partial charge in [-0.3, -0.25) is 0 Å². The van der Waals surface area contributed by atoms with Gasteiger partial charge in [-0.05, 0) is 50.3 Å². The summed E-state index contributed by atoms with van der Waals surface area (Å²) in [7, 11) is 2.51. The van der Waals surface area contributed by atoms with Gasteiger partial charge in [-0.25, -0.2) is 0 Å². The van der Waals surface area contributed by atoms with Gasteiger partial charge in [-0.2, -0.15) is 0 Å². The minimum absolute atomic E-state index is 0. The van der Waals surface area contributed by atoms with E-state index in [2.05, 4.69) is 27.7 Å². The normalized spacial score (nSPS) is 10.6. The van der Waals surface area contributed by atoms with E-state index in [1.807, 2.05) is 0 Å². The van der Waals surface area contributed by atoms with Crippen LogP contribution in [0.1, 0.15) is 182 Å². The van der Waals surface area contributed by atoms with Crippen LogP contribution in [0, 0.1) is 0 Å². The fourth-order valence-corrected chi connectivity index (χ4v) is 6.87. The van der Waals surface area contributed by atoms with Crippen LogP contribution >= 0.6 is 17.2 Å². The first-order chi connectivity index (χ1) is 16.8. The summed E-state index contributed by atoms with van der Waals surface area (Å²) >= 11 is 0. The molecule has 0 saturated heterocycles. The molecular formula is C32H70P2Ti. The maximum absolute atomic E-state index is 2.29. The van der Waals surface area contributed by atoms with Crippen LogP contribution in [-0.4, -0.2) is 24.6 Å². The Morgan fingerprint density at radius 3 is 0.629 bits per heavy atom.